The van der Waals surface area contributed by atoms with E-state index in [1.54, 1.807) is 23.9 Å². The Labute approximate surface area is 131 Å². The normalized spacial score (nSPS) is 10.7. The molecule has 1 aromatic carbocycles. The Morgan fingerprint density at radius 1 is 1.63 bits per heavy atom. The van der Waals surface area contributed by atoms with Crippen LogP contribution in [0.2, 0.25) is 5.02 Å². The number of benzene rings is 1. The first-order chi connectivity index (χ1) is 9.06. The molecular weight excluding hydrogens is 348 g/mol. The van der Waals surface area contributed by atoms with E-state index in [1.165, 1.54) is 7.11 Å². The number of thioether (sulfide) groups is 1. The maximum Gasteiger partial charge on any atom is 0.339 e. The Bertz CT molecular complexity index is 527. The second-order valence-electron chi connectivity index (χ2n) is 3.60. The molecule has 0 saturated carbocycles. The number of rotatable bonds is 5. The van der Waals surface area contributed by atoms with Gasteiger partial charge in [0.2, 0.25) is 0 Å². The molecule has 102 valence electrons. The summed E-state index contributed by atoms with van der Waals surface area (Å²) in [4.78, 5) is 12.7. The van der Waals surface area contributed by atoms with Gasteiger partial charge in [0.15, 0.2) is 0 Å². The predicted molar refractivity (Wildman–Crippen MR) is 85.1 cm³/mol. The van der Waals surface area contributed by atoms with Gasteiger partial charge in [-0.15, -0.1) is 6.58 Å². The molecule has 1 rings (SSSR count). The summed E-state index contributed by atoms with van der Waals surface area (Å²) in [6, 6.07) is 1.69. The van der Waals surface area contributed by atoms with Crippen LogP contribution in [0, 0.1) is 0 Å². The molecule has 5 heteroatoms. The van der Waals surface area contributed by atoms with Gasteiger partial charge in [0, 0.05) is 9.37 Å². The molecule has 0 aliphatic heterocycles. The molecule has 0 saturated heterocycles. The van der Waals surface area contributed by atoms with Crippen molar-refractivity contribution in [3.05, 3.63) is 50.8 Å². The van der Waals surface area contributed by atoms with Gasteiger partial charge in [-0.2, -0.15) is 0 Å². The smallest absolute Gasteiger partial charge is 0.339 e. The molecule has 2 nitrogen and oxygen atoms in total. The minimum Gasteiger partial charge on any atom is -0.465 e. The Hall–Kier alpha value is -0.710. The highest BCUT2D eigenvalue weighted by Gasteiger charge is 2.19. The van der Waals surface area contributed by atoms with Crippen LogP contribution < -0.4 is 0 Å². The highest BCUT2D eigenvalue weighted by molar-refractivity contribution is 9.10. The molecule has 0 fully saturated rings. The van der Waals surface area contributed by atoms with Gasteiger partial charge in [-0.25, -0.2) is 4.79 Å². The molecule has 0 unspecified atom stereocenters. The molecule has 0 heterocycles. The number of hydrogen-bond acceptors (Lipinski definition) is 3. The summed E-state index contributed by atoms with van der Waals surface area (Å²) >= 11 is 11.3. The molecule has 0 spiro atoms. The van der Waals surface area contributed by atoms with Crippen LogP contribution >= 0.6 is 39.3 Å². The van der Waals surface area contributed by atoms with Crippen molar-refractivity contribution in [2.75, 3.05) is 7.11 Å². The molecule has 0 N–H and O–H groups in total. The van der Waals surface area contributed by atoms with E-state index in [2.05, 4.69) is 22.5 Å². The minimum atomic E-state index is -0.446. The maximum absolute atomic E-state index is 11.7. The van der Waals surface area contributed by atoms with Gasteiger partial charge in [-0.1, -0.05) is 35.5 Å². The van der Waals surface area contributed by atoms with E-state index >= 15 is 0 Å². The summed E-state index contributed by atoms with van der Waals surface area (Å²) in [7, 11) is 1.34. The zero-order chi connectivity index (χ0) is 14.4. The fourth-order valence-corrected chi connectivity index (χ4v) is 3.39. The number of carbonyl (C=O) groups is 1. The number of allylic oxidation sites excluding steroid dienone is 2. The van der Waals surface area contributed by atoms with Crippen molar-refractivity contribution in [1.29, 1.82) is 0 Å². The lowest BCUT2D eigenvalue weighted by Gasteiger charge is -2.13. The van der Waals surface area contributed by atoms with Crippen molar-refractivity contribution in [3.8, 4) is 0 Å². The zero-order valence-corrected chi connectivity index (χ0v) is 13.9. The lowest BCUT2D eigenvalue weighted by atomic mass is 10.1. The molecule has 0 bridgehead atoms. The van der Waals surface area contributed by atoms with E-state index in [4.69, 9.17) is 16.3 Å². The first kappa shape index (κ1) is 16.3. The van der Waals surface area contributed by atoms with Crippen molar-refractivity contribution < 1.29 is 9.53 Å². The Kier molecular flexibility index (Phi) is 6.69. The fraction of sp³-hybridized carbons (Fsp3) is 0.214. The van der Waals surface area contributed by atoms with E-state index in [0.717, 1.165) is 14.9 Å². The number of ether oxygens (including phenoxy) is 1. The largest absolute Gasteiger partial charge is 0.465 e. The Morgan fingerprint density at radius 2 is 2.32 bits per heavy atom. The van der Waals surface area contributed by atoms with Crippen LogP contribution in [-0.4, -0.2) is 13.1 Å². The lowest BCUT2D eigenvalue weighted by molar-refractivity contribution is 0.0600. The van der Waals surface area contributed by atoms with Crippen LogP contribution in [0.4, 0.5) is 0 Å². The highest BCUT2D eigenvalue weighted by Crippen LogP contribution is 2.38. The molecule has 0 aliphatic carbocycles. The van der Waals surface area contributed by atoms with Gasteiger partial charge < -0.3 is 4.74 Å². The third kappa shape index (κ3) is 3.88. The summed E-state index contributed by atoms with van der Waals surface area (Å²) in [6.45, 7) is 5.67. The minimum absolute atomic E-state index is 0.359. The van der Waals surface area contributed by atoms with Gasteiger partial charge in [-0.05, 0) is 46.3 Å². The number of carbonyl (C=O) groups excluding carboxylic acids is 1. The number of esters is 1. The molecule has 0 aromatic heterocycles. The SMILES string of the molecule is C=CCc1c(Cl)c(C(=O)OC)cc(Br)c1SC=CC. The van der Waals surface area contributed by atoms with Crippen molar-refractivity contribution in [3.63, 3.8) is 0 Å². The summed E-state index contributed by atoms with van der Waals surface area (Å²) in [6.07, 6.45) is 4.29. The quantitative estimate of drug-likeness (QED) is 0.407. The zero-order valence-electron chi connectivity index (χ0n) is 10.7. The van der Waals surface area contributed by atoms with Crippen LogP contribution in [0.15, 0.2) is 39.6 Å². The summed E-state index contributed by atoms with van der Waals surface area (Å²) < 4.78 is 5.55. The van der Waals surface area contributed by atoms with Gasteiger partial charge in [-0.3, -0.25) is 0 Å². The molecule has 1 aromatic rings. The third-order valence-corrected chi connectivity index (χ3v) is 4.77. The second-order valence-corrected chi connectivity index (χ2v) is 5.75. The highest BCUT2D eigenvalue weighted by atomic mass is 79.9. The molecule has 0 amide bonds. The lowest BCUT2D eigenvalue weighted by Crippen LogP contribution is -2.05. The topological polar surface area (TPSA) is 26.3 Å². The van der Waals surface area contributed by atoms with Gasteiger partial charge in [0.05, 0.1) is 17.7 Å². The average molecular weight is 362 g/mol. The fourth-order valence-electron chi connectivity index (χ4n) is 1.51. The third-order valence-electron chi connectivity index (χ3n) is 2.34. The summed E-state index contributed by atoms with van der Waals surface area (Å²) in [5.41, 5.74) is 1.23. The van der Waals surface area contributed by atoms with Crippen molar-refractivity contribution in [2.45, 2.75) is 18.2 Å². The van der Waals surface area contributed by atoms with E-state index in [-0.39, 0.29) is 0 Å². The summed E-state index contributed by atoms with van der Waals surface area (Å²) in [5.74, 6) is -0.446. The average Bonchev–Trinajstić information content (AvgIpc) is 2.41. The number of hydrogen-bond donors (Lipinski definition) is 0. The van der Waals surface area contributed by atoms with Crippen molar-refractivity contribution in [2.24, 2.45) is 0 Å². The molecule has 0 radical (unpaired) electrons. The molecule has 0 aliphatic rings. The van der Waals surface area contributed by atoms with Gasteiger partial charge in [0.25, 0.3) is 0 Å². The van der Waals surface area contributed by atoms with Gasteiger partial charge in [0.1, 0.15) is 0 Å². The van der Waals surface area contributed by atoms with E-state index < -0.39 is 5.97 Å². The number of methoxy groups -OCH3 is 1. The van der Waals surface area contributed by atoms with Gasteiger partial charge >= 0.3 is 5.97 Å². The first-order valence-corrected chi connectivity index (χ1v) is 7.59. The number of halogens is 2. The van der Waals surface area contributed by atoms with Crippen LogP contribution in [0.3, 0.4) is 0 Å². The molecular formula is C14H14BrClO2S. The second kappa shape index (κ2) is 7.78. The Morgan fingerprint density at radius 3 is 2.84 bits per heavy atom. The van der Waals surface area contributed by atoms with E-state index in [9.17, 15) is 4.79 Å². The van der Waals surface area contributed by atoms with Crippen LogP contribution in [0.25, 0.3) is 0 Å². The monoisotopic (exact) mass is 360 g/mol. The van der Waals surface area contributed by atoms with Crippen LogP contribution in [-0.2, 0) is 11.2 Å². The Balaban J connectivity index is 3.44. The van der Waals surface area contributed by atoms with Crippen molar-refractivity contribution in [1.82, 2.24) is 0 Å². The molecule has 0 atom stereocenters. The molecule has 19 heavy (non-hydrogen) atoms. The van der Waals surface area contributed by atoms with Crippen LogP contribution in [0.5, 0.6) is 0 Å². The maximum atomic E-state index is 11.7. The van der Waals surface area contributed by atoms with E-state index in [0.29, 0.717) is 17.0 Å². The predicted octanol–water partition coefficient (Wildman–Crippen LogP) is 5.24. The van der Waals surface area contributed by atoms with E-state index in [1.807, 2.05) is 18.4 Å². The first-order valence-electron chi connectivity index (χ1n) is 5.54. The van der Waals surface area contributed by atoms with Crippen molar-refractivity contribution >= 4 is 45.3 Å². The standard InChI is InChI=1S/C14H14BrClO2S/c1-4-6-9-12(16)10(14(17)18-3)8-11(15)13(9)19-7-5-2/h4-5,7-8H,1,6H2,2-3H3. The summed E-state index contributed by atoms with van der Waals surface area (Å²) in [5, 5.41) is 2.38. The van der Waals surface area contributed by atoms with Crippen LogP contribution in [0.1, 0.15) is 22.8 Å².